The average molecular weight is 262 g/mol. The zero-order valence-corrected chi connectivity index (χ0v) is 10.1. The Balaban J connectivity index is 1.97. The van der Waals surface area contributed by atoms with Crippen molar-refractivity contribution in [1.82, 2.24) is 15.3 Å². The van der Waals surface area contributed by atoms with Crippen LogP contribution in [0.1, 0.15) is 11.3 Å². The van der Waals surface area contributed by atoms with E-state index in [0.29, 0.717) is 12.4 Å². The van der Waals surface area contributed by atoms with Gasteiger partial charge in [0.05, 0.1) is 11.4 Å². The van der Waals surface area contributed by atoms with E-state index in [-0.39, 0.29) is 5.69 Å². The molecule has 1 aliphatic heterocycles. The number of nitrogens with one attached hydrogen (secondary N) is 2. The summed E-state index contributed by atoms with van der Waals surface area (Å²) in [7, 11) is 0. The molecule has 4 nitrogen and oxygen atoms in total. The Morgan fingerprint density at radius 3 is 3.00 bits per heavy atom. The van der Waals surface area contributed by atoms with Crippen molar-refractivity contribution < 1.29 is 8.78 Å². The van der Waals surface area contributed by atoms with Crippen molar-refractivity contribution in [3.8, 4) is 0 Å². The highest BCUT2D eigenvalue weighted by Crippen LogP contribution is 2.24. The quantitative estimate of drug-likeness (QED) is 0.870. The molecule has 0 unspecified atom stereocenters. The maximum Gasteiger partial charge on any atom is 0.146 e. The molecule has 98 valence electrons. The number of nitrogens with zero attached hydrogens (tertiary/aromatic N) is 2. The third-order valence-electron chi connectivity index (χ3n) is 3.06. The average Bonchev–Trinajstić information content (AvgIpc) is 2.43. The van der Waals surface area contributed by atoms with Crippen molar-refractivity contribution in [2.24, 2.45) is 0 Å². The molecule has 1 aromatic carbocycles. The first kappa shape index (κ1) is 12.0. The van der Waals surface area contributed by atoms with Crippen LogP contribution < -0.4 is 10.6 Å². The highest BCUT2D eigenvalue weighted by atomic mass is 19.1. The van der Waals surface area contributed by atoms with Crippen LogP contribution in [0, 0.1) is 11.6 Å². The van der Waals surface area contributed by atoms with Gasteiger partial charge in [-0.3, -0.25) is 0 Å². The number of benzene rings is 1. The van der Waals surface area contributed by atoms with Crippen LogP contribution >= 0.6 is 0 Å². The van der Waals surface area contributed by atoms with Crippen molar-refractivity contribution in [2.45, 2.75) is 13.0 Å². The molecule has 2 aromatic rings. The number of anilines is 2. The summed E-state index contributed by atoms with van der Waals surface area (Å²) in [5.41, 5.74) is 1.91. The normalized spacial score (nSPS) is 14.0. The zero-order chi connectivity index (χ0) is 13.2. The lowest BCUT2D eigenvalue weighted by molar-refractivity contribution is 0.603. The molecule has 0 aliphatic carbocycles. The van der Waals surface area contributed by atoms with Gasteiger partial charge in [0.25, 0.3) is 0 Å². The molecule has 0 saturated heterocycles. The Labute approximate surface area is 108 Å². The molecule has 0 saturated carbocycles. The zero-order valence-electron chi connectivity index (χ0n) is 10.1. The second-order valence-corrected chi connectivity index (χ2v) is 4.32. The summed E-state index contributed by atoms with van der Waals surface area (Å²) in [4.78, 5) is 8.31. The van der Waals surface area contributed by atoms with Gasteiger partial charge in [-0.1, -0.05) is 0 Å². The van der Waals surface area contributed by atoms with Gasteiger partial charge in [-0.2, -0.15) is 0 Å². The second-order valence-electron chi connectivity index (χ2n) is 4.32. The summed E-state index contributed by atoms with van der Waals surface area (Å²) >= 11 is 0. The standard InChI is InChI=1S/C13H12F2N4/c14-8-1-2-10(15)12(5-8)19-13-9-6-16-4-3-11(9)17-7-18-13/h1-2,5,7,16H,3-4,6H2,(H,17,18,19). The van der Waals surface area contributed by atoms with Crippen LogP contribution in [-0.2, 0) is 13.0 Å². The van der Waals surface area contributed by atoms with Crippen molar-refractivity contribution in [1.29, 1.82) is 0 Å². The van der Waals surface area contributed by atoms with Gasteiger partial charge < -0.3 is 10.6 Å². The molecule has 0 fully saturated rings. The third kappa shape index (κ3) is 2.39. The Morgan fingerprint density at radius 2 is 2.11 bits per heavy atom. The largest absolute Gasteiger partial charge is 0.337 e. The summed E-state index contributed by atoms with van der Waals surface area (Å²) in [6.45, 7) is 1.48. The van der Waals surface area contributed by atoms with E-state index in [1.165, 1.54) is 6.33 Å². The van der Waals surface area contributed by atoms with Crippen molar-refractivity contribution >= 4 is 11.5 Å². The molecule has 6 heteroatoms. The molecule has 2 N–H and O–H groups in total. The SMILES string of the molecule is Fc1ccc(F)c(Nc2ncnc3c2CNCC3)c1. The molecule has 0 bridgehead atoms. The Hall–Kier alpha value is -2.08. The summed E-state index contributed by atoms with van der Waals surface area (Å²) in [6.07, 6.45) is 2.24. The Kier molecular flexibility index (Phi) is 3.08. The smallest absolute Gasteiger partial charge is 0.146 e. The Bertz CT molecular complexity index is 616. The lowest BCUT2D eigenvalue weighted by Gasteiger charge is -2.19. The van der Waals surface area contributed by atoms with Crippen LogP contribution in [0.2, 0.25) is 0 Å². The van der Waals surface area contributed by atoms with Gasteiger partial charge in [-0.05, 0) is 12.1 Å². The fourth-order valence-corrected chi connectivity index (χ4v) is 2.10. The molecule has 0 atom stereocenters. The lowest BCUT2D eigenvalue weighted by atomic mass is 10.1. The fourth-order valence-electron chi connectivity index (χ4n) is 2.10. The molecule has 0 spiro atoms. The van der Waals surface area contributed by atoms with E-state index in [1.807, 2.05) is 0 Å². The van der Waals surface area contributed by atoms with Gasteiger partial charge in [0, 0.05) is 31.1 Å². The van der Waals surface area contributed by atoms with Crippen molar-refractivity contribution in [3.63, 3.8) is 0 Å². The van der Waals surface area contributed by atoms with Crippen molar-refractivity contribution in [3.05, 3.63) is 47.4 Å². The minimum absolute atomic E-state index is 0.0754. The van der Waals surface area contributed by atoms with Gasteiger partial charge in [0.1, 0.15) is 23.8 Å². The third-order valence-corrected chi connectivity index (χ3v) is 3.06. The molecule has 0 radical (unpaired) electrons. The highest BCUT2D eigenvalue weighted by Gasteiger charge is 2.16. The summed E-state index contributed by atoms with van der Waals surface area (Å²) < 4.78 is 26.7. The second kappa shape index (κ2) is 4.89. The number of hydrogen-bond acceptors (Lipinski definition) is 4. The van der Waals surface area contributed by atoms with Gasteiger partial charge in [-0.25, -0.2) is 18.7 Å². The van der Waals surface area contributed by atoms with Gasteiger partial charge >= 0.3 is 0 Å². The molecule has 0 amide bonds. The number of aromatic nitrogens is 2. The van der Waals surface area contributed by atoms with Crippen LogP contribution in [0.25, 0.3) is 0 Å². The van der Waals surface area contributed by atoms with Crippen LogP contribution in [0.4, 0.5) is 20.3 Å². The monoisotopic (exact) mass is 262 g/mol. The first-order valence-corrected chi connectivity index (χ1v) is 5.99. The van der Waals surface area contributed by atoms with E-state index in [4.69, 9.17) is 0 Å². The van der Waals surface area contributed by atoms with E-state index >= 15 is 0 Å². The van der Waals surface area contributed by atoms with E-state index in [0.717, 1.165) is 42.4 Å². The minimum Gasteiger partial charge on any atom is -0.337 e. The van der Waals surface area contributed by atoms with E-state index in [2.05, 4.69) is 20.6 Å². The molecule has 2 heterocycles. The number of fused-ring (bicyclic) bond motifs is 1. The van der Waals surface area contributed by atoms with E-state index in [9.17, 15) is 8.78 Å². The lowest BCUT2D eigenvalue weighted by Crippen LogP contribution is -2.25. The molecule has 1 aromatic heterocycles. The van der Waals surface area contributed by atoms with E-state index in [1.54, 1.807) is 0 Å². The molecular formula is C13H12F2N4. The Morgan fingerprint density at radius 1 is 1.21 bits per heavy atom. The minimum atomic E-state index is -0.516. The van der Waals surface area contributed by atoms with Crippen LogP contribution in [-0.4, -0.2) is 16.5 Å². The molecule has 19 heavy (non-hydrogen) atoms. The predicted octanol–water partition coefficient (Wildman–Crippen LogP) is 2.14. The fraction of sp³-hybridized carbons (Fsp3) is 0.231. The van der Waals surface area contributed by atoms with Crippen LogP contribution in [0.3, 0.4) is 0 Å². The maximum atomic E-state index is 13.6. The van der Waals surface area contributed by atoms with E-state index < -0.39 is 11.6 Å². The highest BCUT2D eigenvalue weighted by molar-refractivity contribution is 5.60. The van der Waals surface area contributed by atoms with Gasteiger partial charge in [0.2, 0.25) is 0 Å². The molecular weight excluding hydrogens is 250 g/mol. The van der Waals surface area contributed by atoms with Crippen molar-refractivity contribution in [2.75, 3.05) is 11.9 Å². The van der Waals surface area contributed by atoms with Gasteiger partial charge in [0.15, 0.2) is 0 Å². The van der Waals surface area contributed by atoms with Crippen LogP contribution in [0.15, 0.2) is 24.5 Å². The van der Waals surface area contributed by atoms with Gasteiger partial charge in [-0.15, -0.1) is 0 Å². The topological polar surface area (TPSA) is 49.8 Å². The maximum absolute atomic E-state index is 13.6. The summed E-state index contributed by atoms with van der Waals surface area (Å²) in [5.74, 6) is -0.496. The predicted molar refractivity (Wildman–Crippen MR) is 67.1 cm³/mol. The van der Waals surface area contributed by atoms with Crippen LogP contribution in [0.5, 0.6) is 0 Å². The molecule has 3 rings (SSSR count). The first-order valence-electron chi connectivity index (χ1n) is 5.99. The number of rotatable bonds is 2. The number of halogens is 2. The summed E-state index contributed by atoms with van der Waals surface area (Å²) in [6, 6.07) is 3.28. The molecule has 1 aliphatic rings. The number of hydrogen-bond donors (Lipinski definition) is 2. The first-order chi connectivity index (χ1) is 9.24. The summed E-state index contributed by atoms with van der Waals surface area (Å²) in [5, 5.41) is 6.04.